The Balaban J connectivity index is 1.65. The minimum Gasteiger partial charge on any atom is -0.454 e. The van der Waals surface area contributed by atoms with Crippen LogP contribution in [0.25, 0.3) is 0 Å². The van der Waals surface area contributed by atoms with Gasteiger partial charge in [-0.3, -0.25) is 0 Å². The maximum Gasteiger partial charge on any atom is 0.231 e. The van der Waals surface area contributed by atoms with Crippen molar-refractivity contribution in [1.29, 1.82) is 0 Å². The average Bonchev–Trinajstić information content (AvgIpc) is 2.95. The first-order chi connectivity index (χ1) is 8.25. The lowest BCUT2D eigenvalue weighted by Crippen LogP contribution is -2.33. The van der Waals surface area contributed by atoms with E-state index in [0.29, 0.717) is 6.79 Å². The number of nitrogens with one attached hydrogen (secondary N) is 1. The van der Waals surface area contributed by atoms with Crippen molar-refractivity contribution < 1.29 is 9.47 Å². The van der Waals surface area contributed by atoms with Gasteiger partial charge in [0.25, 0.3) is 0 Å². The molecule has 0 aliphatic carbocycles. The van der Waals surface area contributed by atoms with Crippen molar-refractivity contribution in [1.82, 2.24) is 5.32 Å². The van der Waals surface area contributed by atoms with E-state index in [-0.39, 0.29) is 4.87 Å². The van der Waals surface area contributed by atoms with Crippen molar-refractivity contribution in [3.8, 4) is 11.5 Å². The number of hydrogen-bond acceptors (Lipinski definition) is 4. The molecular formula is C13H17NO2S. The van der Waals surface area contributed by atoms with Gasteiger partial charge in [-0.1, -0.05) is 6.07 Å². The van der Waals surface area contributed by atoms with Crippen LogP contribution in [0.2, 0.25) is 0 Å². The summed E-state index contributed by atoms with van der Waals surface area (Å²) in [6.07, 6.45) is 2.23. The Morgan fingerprint density at radius 2 is 2.24 bits per heavy atom. The summed E-state index contributed by atoms with van der Waals surface area (Å²) in [6, 6.07) is 6.25. The van der Waals surface area contributed by atoms with Gasteiger partial charge in [-0.05, 0) is 37.5 Å². The third-order valence-electron chi connectivity index (χ3n) is 3.35. The van der Waals surface area contributed by atoms with Crippen molar-refractivity contribution in [2.24, 2.45) is 0 Å². The van der Waals surface area contributed by atoms with Crippen LogP contribution >= 0.6 is 11.8 Å². The Hall–Kier alpha value is -0.870. The highest BCUT2D eigenvalue weighted by atomic mass is 32.2. The van der Waals surface area contributed by atoms with E-state index in [0.717, 1.165) is 30.9 Å². The Morgan fingerprint density at radius 3 is 3.06 bits per heavy atom. The second-order valence-corrected chi connectivity index (χ2v) is 6.29. The first-order valence-corrected chi connectivity index (χ1v) is 7.01. The zero-order valence-electron chi connectivity index (χ0n) is 9.99. The van der Waals surface area contributed by atoms with Crippen LogP contribution in [0, 0.1) is 0 Å². The summed E-state index contributed by atoms with van der Waals surface area (Å²) in [6.45, 7) is 3.77. The highest BCUT2D eigenvalue weighted by Gasteiger charge is 2.28. The molecule has 3 nitrogen and oxygen atoms in total. The van der Waals surface area contributed by atoms with Crippen molar-refractivity contribution in [3.63, 3.8) is 0 Å². The van der Waals surface area contributed by atoms with Crippen molar-refractivity contribution in [2.45, 2.75) is 24.6 Å². The van der Waals surface area contributed by atoms with E-state index in [2.05, 4.69) is 24.4 Å². The molecule has 1 N–H and O–H groups in total. The average molecular weight is 251 g/mol. The lowest BCUT2D eigenvalue weighted by atomic mass is 10.1. The van der Waals surface area contributed by atoms with Gasteiger partial charge in [-0.25, -0.2) is 0 Å². The normalized spacial score (nSPS) is 26.4. The summed E-state index contributed by atoms with van der Waals surface area (Å²) in [5.41, 5.74) is 1.32. The molecule has 2 aliphatic rings. The summed E-state index contributed by atoms with van der Waals surface area (Å²) in [5.74, 6) is 2.98. The Morgan fingerprint density at radius 1 is 1.35 bits per heavy atom. The molecule has 4 heteroatoms. The number of fused-ring (bicyclic) bond motifs is 1. The molecule has 2 aliphatic heterocycles. The highest BCUT2D eigenvalue weighted by Crippen LogP contribution is 2.35. The van der Waals surface area contributed by atoms with Crippen LogP contribution in [0.4, 0.5) is 0 Å². The fourth-order valence-electron chi connectivity index (χ4n) is 2.28. The van der Waals surface area contributed by atoms with E-state index >= 15 is 0 Å². The molecule has 1 fully saturated rings. The molecule has 1 atom stereocenters. The van der Waals surface area contributed by atoms with Crippen LogP contribution in [-0.4, -0.2) is 24.0 Å². The molecule has 0 spiro atoms. The molecule has 1 unspecified atom stereocenters. The van der Waals surface area contributed by atoms with Crippen molar-refractivity contribution in [3.05, 3.63) is 23.8 Å². The summed E-state index contributed by atoms with van der Waals surface area (Å²) in [4.78, 5) is 0.246. The van der Waals surface area contributed by atoms with E-state index < -0.39 is 0 Å². The first kappa shape index (κ1) is 11.2. The molecule has 0 amide bonds. The summed E-state index contributed by atoms with van der Waals surface area (Å²) < 4.78 is 10.7. The number of hydrogen-bond donors (Lipinski definition) is 1. The van der Waals surface area contributed by atoms with E-state index in [1.807, 2.05) is 17.8 Å². The molecule has 1 aromatic carbocycles. The monoisotopic (exact) mass is 251 g/mol. The SMILES string of the molecule is CC1(CCc2ccc3c(c2)OCO3)NCCS1. The van der Waals surface area contributed by atoms with Gasteiger partial charge in [-0.2, -0.15) is 0 Å². The summed E-state index contributed by atoms with van der Waals surface area (Å²) >= 11 is 2.02. The second-order valence-electron chi connectivity index (χ2n) is 4.69. The predicted molar refractivity (Wildman–Crippen MR) is 69.8 cm³/mol. The van der Waals surface area contributed by atoms with Gasteiger partial charge in [0, 0.05) is 12.3 Å². The number of rotatable bonds is 3. The van der Waals surface area contributed by atoms with Gasteiger partial charge < -0.3 is 14.8 Å². The number of thioether (sulfide) groups is 1. The number of aryl methyl sites for hydroxylation is 1. The largest absolute Gasteiger partial charge is 0.454 e. The molecule has 0 saturated carbocycles. The van der Waals surface area contributed by atoms with E-state index in [1.165, 1.54) is 11.3 Å². The zero-order valence-corrected chi connectivity index (χ0v) is 10.8. The second kappa shape index (κ2) is 4.42. The van der Waals surface area contributed by atoms with E-state index in [9.17, 15) is 0 Å². The fraction of sp³-hybridized carbons (Fsp3) is 0.538. The van der Waals surface area contributed by atoms with Crippen molar-refractivity contribution >= 4 is 11.8 Å². The summed E-state index contributed by atoms with van der Waals surface area (Å²) in [7, 11) is 0. The lowest BCUT2D eigenvalue weighted by molar-refractivity contribution is 0.174. The molecule has 1 saturated heterocycles. The van der Waals surface area contributed by atoms with Crippen LogP contribution in [-0.2, 0) is 6.42 Å². The maximum absolute atomic E-state index is 5.39. The standard InChI is InChI=1S/C13H17NO2S/c1-13(14-6-7-17-13)5-4-10-2-3-11-12(8-10)16-9-15-11/h2-3,8,14H,4-7,9H2,1H3. The van der Waals surface area contributed by atoms with Crippen LogP contribution in [0.3, 0.4) is 0 Å². The molecule has 17 heavy (non-hydrogen) atoms. The quantitative estimate of drug-likeness (QED) is 0.893. The third-order valence-corrected chi connectivity index (χ3v) is 4.74. The Kier molecular flexibility index (Phi) is 2.92. The summed E-state index contributed by atoms with van der Waals surface area (Å²) in [5, 5.41) is 3.56. The molecule has 92 valence electrons. The fourth-order valence-corrected chi connectivity index (χ4v) is 3.39. The molecule has 1 aromatic rings. The van der Waals surface area contributed by atoms with Gasteiger partial charge in [0.15, 0.2) is 11.5 Å². The van der Waals surface area contributed by atoms with Gasteiger partial charge in [0.2, 0.25) is 6.79 Å². The first-order valence-electron chi connectivity index (χ1n) is 6.03. The number of ether oxygens (including phenoxy) is 2. The zero-order chi connectivity index (χ0) is 11.7. The van der Waals surface area contributed by atoms with Crippen molar-refractivity contribution in [2.75, 3.05) is 19.1 Å². The Bertz CT molecular complexity index is 416. The topological polar surface area (TPSA) is 30.5 Å². The van der Waals surface area contributed by atoms with Gasteiger partial charge in [-0.15, -0.1) is 11.8 Å². The van der Waals surface area contributed by atoms with Crippen LogP contribution in [0.1, 0.15) is 18.9 Å². The minimum absolute atomic E-state index is 0.246. The number of benzene rings is 1. The van der Waals surface area contributed by atoms with Crippen LogP contribution in [0.5, 0.6) is 11.5 Å². The molecule has 0 aromatic heterocycles. The molecule has 0 bridgehead atoms. The molecular weight excluding hydrogens is 234 g/mol. The van der Waals surface area contributed by atoms with E-state index in [4.69, 9.17) is 9.47 Å². The van der Waals surface area contributed by atoms with Gasteiger partial charge >= 0.3 is 0 Å². The highest BCUT2D eigenvalue weighted by molar-refractivity contribution is 8.00. The minimum atomic E-state index is 0.246. The van der Waals surface area contributed by atoms with Crippen LogP contribution < -0.4 is 14.8 Å². The van der Waals surface area contributed by atoms with Gasteiger partial charge in [0.1, 0.15) is 0 Å². The van der Waals surface area contributed by atoms with Crippen LogP contribution in [0.15, 0.2) is 18.2 Å². The molecule has 2 heterocycles. The lowest BCUT2D eigenvalue weighted by Gasteiger charge is -2.23. The smallest absolute Gasteiger partial charge is 0.231 e. The van der Waals surface area contributed by atoms with Gasteiger partial charge in [0.05, 0.1) is 4.87 Å². The Labute approximate surface area is 106 Å². The third kappa shape index (κ3) is 2.38. The molecule has 0 radical (unpaired) electrons. The maximum atomic E-state index is 5.39. The molecule has 3 rings (SSSR count). The predicted octanol–water partition coefficient (Wildman–Crippen LogP) is 2.40. The van der Waals surface area contributed by atoms with E-state index in [1.54, 1.807) is 0 Å².